The molecule has 0 atom stereocenters. The molecule has 7 nitrogen and oxygen atoms in total. The zero-order valence-corrected chi connectivity index (χ0v) is 19.4. The molecule has 0 unspecified atom stereocenters. The number of ether oxygens (including phenoxy) is 1. The van der Waals surface area contributed by atoms with E-state index in [2.05, 4.69) is 15.0 Å². The van der Waals surface area contributed by atoms with Gasteiger partial charge in [-0.15, -0.1) is 0 Å². The number of nitrogens with one attached hydrogen (secondary N) is 2. The van der Waals surface area contributed by atoms with E-state index in [1.807, 2.05) is 61.5 Å². The topological polar surface area (TPSA) is 103 Å². The van der Waals surface area contributed by atoms with Gasteiger partial charge in [-0.3, -0.25) is 0 Å². The number of aromatic amines is 2. The van der Waals surface area contributed by atoms with Crippen LogP contribution in [0, 0.1) is 6.92 Å². The van der Waals surface area contributed by atoms with Crippen LogP contribution < -0.4 is 0 Å². The predicted octanol–water partition coefficient (Wildman–Crippen LogP) is 5.92. The Kier molecular flexibility index (Phi) is 5.89. The number of hydrogen-bond donors (Lipinski definition) is 3. The van der Waals surface area contributed by atoms with E-state index in [4.69, 9.17) is 9.73 Å². The lowest BCUT2D eigenvalue weighted by Crippen LogP contribution is -2.05. The van der Waals surface area contributed by atoms with Crippen molar-refractivity contribution >= 4 is 28.3 Å². The van der Waals surface area contributed by atoms with Crippen molar-refractivity contribution in [3.05, 3.63) is 101 Å². The summed E-state index contributed by atoms with van der Waals surface area (Å²) in [5, 5.41) is 11.7. The molecule has 0 aliphatic heterocycles. The maximum absolute atomic E-state index is 12.2. The molecule has 0 saturated heterocycles. The SMILES string of the molecule is CCOC(=O)c1ccc2c(C(=Nc3ccc(-c4ncc(C)[nH]4)cc3)c3ccccc3)c(O)[nH]c2c1. The van der Waals surface area contributed by atoms with Crippen LogP contribution in [0.4, 0.5) is 5.69 Å². The molecular formula is C28H24N4O3. The average Bonchev–Trinajstić information content (AvgIpc) is 3.45. The van der Waals surface area contributed by atoms with E-state index in [0.29, 0.717) is 29.0 Å². The average molecular weight is 465 g/mol. The predicted molar refractivity (Wildman–Crippen MR) is 136 cm³/mol. The number of aromatic hydroxyl groups is 1. The summed E-state index contributed by atoms with van der Waals surface area (Å²) in [6, 6.07) is 22.6. The molecule has 5 rings (SSSR count). The maximum atomic E-state index is 12.2. The molecule has 2 aromatic heterocycles. The van der Waals surface area contributed by atoms with E-state index < -0.39 is 5.97 Å². The molecular weight excluding hydrogens is 440 g/mol. The molecule has 0 fully saturated rings. The lowest BCUT2D eigenvalue weighted by Gasteiger charge is -2.08. The normalized spacial score (nSPS) is 11.7. The number of rotatable bonds is 6. The molecule has 0 radical (unpaired) electrons. The number of benzene rings is 3. The number of imidazole rings is 1. The first-order chi connectivity index (χ1) is 17.0. The summed E-state index contributed by atoms with van der Waals surface area (Å²) >= 11 is 0. The van der Waals surface area contributed by atoms with Crippen molar-refractivity contribution in [3.63, 3.8) is 0 Å². The number of esters is 1. The molecule has 3 N–H and O–H groups in total. The van der Waals surface area contributed by atoms with E-state index in [-0.39, 0.29) is 5.88 Å². The van der Waals surface area contributed by atoms with Crippen molar-refractivity contribution in [1.29, 1.82) is 0 Å². The minimum absolute atomic E-state index is 0.0220. The number of carbonyl (C=O) groups is 1. The van der Waals surface area contributed by atoms with E-state index in [9.17, 15) is 9.90 Å². The summed E-state index contributed by atoms with van der Waals surface area (Å²) in [4.78, 5) is 27.7. The fraction of sp³-hybridized carbons (Fsp3) is 0.107. The molecule has 2 heterocycles. The van der Waals surface area contributed by atoms with Gasteiger partial charge >= 0.3 is 5.97 Å². The molecule has 0 saturated carbocycles. The molecule has 174 valence electrons. The molecule has 3 aromatic carbocycles. The molecule has 0 amide bonds. The van der Waals surface area contributed by atoms with E-state index in [1.165, 1.54) is 0 Å². The van der Waals surface area contributed by atoms with Crippen molar-refractivity contribution < 1.29 is 14.6 Å². The highest BCUT2D eigenvalue weighted by molar-refractivity contribution is 6.22. The monoisotopic (exact) mass is 464 g/mol. The highest BCUT2D eigenvalue weighted by Crippen LogP contribution is 2.32. The summed E-state index contributed by atoms with van der Waals surface area (Å²) in [7, 11) is 0. The van der Waals surface area contributed by atoms with Gasteiger partial charge < -0.3 is 19.8 Å². The lowest BCUT2D eigenvalue weighted by atomic mass is 10.00. The van der Waals surface area contributed by atoms with Gasteiger partial charge in [-0.2, -0.15) is 0 Å². The third-order valence-electron chi connectivity index (χ3n) is 5.66. The second kappa shape index (κ2) is 9.30. The van der Waals surface area contributed by atoms with E-state index in [1.54, 1.807) is 31.3 Å². The third-order valence-corrected chi connectivity index (χ3v) is 5.66. The summed E-state index contributed by atoms with van der Waals surface area (Å²) in [5.41, 5.74) is 5.74. The van der Waals surface area contributed by atoms with Crippen molar-refractivity contribution in [2.75, 3.05) is 6.61 Å². The Balaban J connectivity index is 1.61. The van der Waals surface area contributed by atoms with Crippen LogP contribution in [0.2, 0.25) is 0 Å². The molecule has 0 spiro atoms. The van der Waals surface area contributed by atoms with Gasteiger partial charge in [-0.1, -0.05) is 36.4 Å². The van der Waals surface area contributed by atoms with Gasteiger partial charge in [0, 0.05) is 33.9 Å². The molecule has 7 heteroatoms. The summed E-state index contributed by atoms with van der Waals surface area (Å²) in [6.07, 6.45) is 1.79. The van der Waals surface area contributed by atoms with Crippen LogP contribution in [-0.4, -0.2) is 38.3 Å². The number of carbonyl (C=O) groups excluding carboxylic acids is 1. The van der Waals surface area contributed by atoms with Crippen LogP contribution in [0.3, 0.4) is 0 Å². The highest BCUT2D eigenvalue weighted by Gasteiger charge is 2.20. The maximum Gasteiger partial charge on any atom is 0.338 e. The first kappa shape index (κ1) is 22.2. The van der Waals surface area contributed by atoms with Crippen LogP contribution in [0.25, 0.3) is 22.3 Å². The summed E-state index contributed by atoms with van der Waals surface area (Å²) in [6.45, 7) is 4.02. The van der Waals surface area contributed by atoms with Crippen molar-refractivity contribution in [2.24, 2.45) is 4.99 Å². The highest BCUT2D eigenvalue weighted by atomic mass is 16.5. The summed E-state index contributed by atoms with van der Waals surface area (Å²) in [5.74, 6) is 0.369. The number of nitrogens with zero attached hydrogens (tertiary/aromatic N) is 2. The number of H-pyrrole nitrogens is 2. The van der Waals surface area contributed by atoms with Gasteiger partial charge in [0.2, 0.25) is 0 Å². The number of fused-ring (bicyclic) bond motifs is 1. The fourth-order valence-corrected chi connectivity index (χ4v) is 4.01. The molecule has 5 aromatic rings. The van der Waals surface area contributed by atoms with Crippen molar-refractivity contribution in [2.45, 2.75) is 13.8 Å². The van der Waals surface area contributed by atoms with Gasteiger partial charge in [0.1, 0.15) is 5.82 Å². The third kappa shape index (κ3) is 4.44. The first-order valence-corrected chi connectivity index (χ1v) is 11.3. The number of aromatic nitrogens is 3. The number of aliphatic imine (C=N–C) groups is 1. The lowest BCUT2D eigenvalue weighted by molar-refractivity contribution is 0.0526. The Hall–Kier alpha value is -4.65. The second-order valence-electron chi connectivity index (χ2n) is 8.12. The second-order valence-corrected chi connectivity index (χ2v) is 8.12. The van der Waals surface area contributed by atoms with Gasteiger partial charge in [-0.05, 0) is 50.2 Å². The van der Waals surface area contributed by atoms with Crippen LogP contribution >= 0.6 is 0 Å². The van der Waals surface area contributed by atoms with Crippen LogP contribution in [-0.2, 0) is 4.74 Å². The number of hydrogen-bond acceptors (Lipinski definition) is 5. The Morgan fingerprint density at radius 1 is 1.00 bits per heavy atom. The van der Waals surface area contributed by atoms with Crippen molar-refractivity contribution in [1.82, 2.24) is 15.0 Å². The molecule has 35 heavy (non-hydrogen) atoms. The van der Waals surface area contributed by atoms with Crippen LogP contribution in [0.1, 0.15) is 34.1 Å². The molecule has 0 aliphatic carbocycles. The van der Waals surface area contributed by atoms with Gasteiger partial charge in [-0.25, -0.2) is 14.8 Å². The van der Waals surface area contributed by atoms with Gasteiger partial charge in [0.25, 0.3) is 0 Å². The summed E-state index contributed by atoms with van der Waals surface area (Å²) < 4.78 is 5.11. The smallest absolute Gasteiger partial charge is 0.338 e. The Morgan fingerprint density at radius 2 is 1.77 bits per heavy atom. The minimum Gasteiger partial charge on any atom is -0.494 e. The van der Waals surface area contributed by atoms with Crippen LogP contribution in [0.5, 0.6) is 5.88 Å². The Labute approximate surface area is 202 Å². The quantitative estimate of drug-likeness (QED) is 0.214. The Morgan fingerprint density at radius 3 is 2.46 bits per heavy atom. The molecule has 0 bridgehead atoms. The fourth-order valence-electron chi connectivity index (χ4n) is 4.01. The zero-order valence-electron chi connectivity index (χ0n) is 19.4. The van der Waals surface area contributed by atoms with Crippen LogP contribution in [0.15, 0.2) is 84.0 Å². The largest absolute Gasteiger partial charge is 0.494 e. The van der Waals surface area contributed by atoms with E-state index >= 15 is 0 Å². The standard InChI is InChI=1S/C28H24N4O3/c1-3-35-28(34)20-11-14-22-23(15-20)32-27(33)24(22)25(18-7-5-4-6-8-18)31-21-12-9-19(10-13-21)26-29-16-17(2)30-26/h4-16,32-33H,3H2,1-2H3,(H,29,30). The van der Waals surface area contributed by atoms with Gasteiger partial charge in [0.15, 0.2) is 5.88 Å². The number of aryl methyl sites for hydroxylation is 1. The van der Waals surface area contributed by atoms with Crippen molar-refractivity contribution in [3.8, 4) is 17.3 Å². The first-order valence-electron chi connectivity index (χ1n) is 11.3. The van der Waals surface area contributed by atoms with E-state index in [0.717, 1.165) is 33.7 Å². The van der Waals surface area contributed by atoms with Gasteiger partial charge in [0.05, 0.1) is 29.1 Å². The molecule has 0 aliphatic rings. The zero-order chi connectivity index (χ0) is 24.4. The Bertz CT molecular complexity index is 1530. The minimum atomic E-state index is -0.408.